The summed E-state index contributed by atoms with van der Waals surface area (Å²) >= 11 is 5.62. The van der Waals surface area contributed by atoms with Gasteiger partial charge < -0.3 is 35.7 Å². The number of aliphatic carboxylic acids is 1. The normalized spacial score (nSPS) is 14.2. The fourth-order valence-electron chi connectivity index (χ4n) is 8.56. The topological polar surface area (TPSA) is 323 Å². The van der Waals surface area contributed by atoms with Crippen LogP contribution in [-0.4, -0.2) is 130 Å². The Balaban J connectivity index is 0.891. The van der Waals surface area contributed by atoms with Crippen molar-refractivity contribution in [3.63, 3.8) is 0 Å². The number of carbonyl (C=O) groups is 4. The number of carboxylic acids is 2. The van der Waals surface area contributed by atoms with Crippen LogP contribution in [0, 0.1) is 0 Å². The van der Waals surface area contributed by atoms with Crippen molar-refractivity contribution in [3.05, 3.63) is 119 Å². The maximum Gasteiger partial charge on any atom is 0.336 e. The van der Waals surface area contributed by atoms with Gasteiger partial charge in [-0.1, -0.05) is 44.0 Å². The molecule has 2 amide bonds. The lowest BCUT2D eigenvalue weighted by Gasteiger charge is -2.40. The van der Waals surface area contributed by atoms with Crippen molar-refractivity contribution in [1.29, 1.82) is 0 Å². The van der Waals surface area contributed by atoms with Gasteiger partial charge in [-0.3, -0.25) is 38.1 Å². The number of fused-ring (bicyclic) bond motifs is 2. The molecule has 0 radical (unpaired) electrons. The van der Waals surface area contributed by atoms with E-state index in [0.29, 0.717) is 51.3 Å². The largest absolute Gasteiger partial charge is 0.508 e. The molecule has 22 nitrogen and oxygen atoms in total. The average Bonchev–Trinajstić information content (AvgIpc) is 3.39. The van der Waals surface area contributed by atoms with E-state index in [-0.39, 0.29) is 88.7 Å². The van der Waals surface area contributed by atoms with Crippen LogP contribution < -0.4 is 21.4 Å². The van der Waals surface area contributed by atoms with Gasteiger partial charge in [0.05, 0.1) is 33.4 Å². The Kier molecular flexibility index (Phi) is 18.5. The Morgan fingerprint density at radius 3 is 1.97 bits per heavy atom. The highest BCUT2D eigenvalue weighted by molar-refractivity contribution is 7.86. The third-order valence-electron chi connectivity index (χ3n) is 12.2. The zero-order chi connectivity index (χ0) is 54.7. The molecule has 4 aromatic carbocycles. The third-order valence-corrected chi connectivity index (χ3v) is 14.2. The molecule has 0 spiro atoms. The molecule has 3 aliphatic rings. The van der Waals surface area contributed by atoms with Crippen molar-refractivity contribution in [2.75, 3.05) is 55.3 Å². The number of rotatable bonds is 24. The lowest BCUT2D eigenvalue weighted by Crippen LogP contribution is -2.56. The monoisotopic (exact) mass is 1100 g/mol. The Bertz CT molecular complexity index is 3370. The number of carboxylic acid groups (broad SMARTS) is 2. The first-order valence-corrected chi connectivity index (χ1v) is 27.1. The van der Waals surface area contributed by atoms with E-state index in [9.17, 15) is 65.2 Å². The standard InChI is InChI=1S/C51H54N6O16S3/c58-35-14-21-40-43(26-35)72-44-27-36(59)15-22-41(44)50(40)39-20-13-34(25-42(39)51(64)65)54-47(74)7-5-3-1-2-4-6-8-48(61)57-31-56(29-46(73-57)53-33-11-18-38(19-12-33)76(69,70)71)24-23-55(30-49(62)63)28-45(60)52-32-9-16-37(17-10-32)75(66,67)68/h9-22,25-27,46,53,58H,1-8,23-24,28-31H2,(H,52,60)(H,54,74)(H,62,63)(H,64,65)(H,66,67,68)(H,69,70,71). The quantitative estimate of drug-likeness (QED) is 0.0133. The second-order valence-corrected chi connectivity index (χ2v) is 21.3. The highest BCUT2D eigenvalue weighted by Gasteiger charge is 2.31. The van der Waals surface area contributed by atoms with Gasteiger partial charge >= 0.3 is 11.9 Å². The molecule has 1 aliphatic carbocycles. The van der Waals surface area contributed by atoms with Gasteiger partial charge in [-0.25, -0.2) is 14.7 Å². The molecular weight excluding hydrogens is 1050 g/mol. The number of phenolic OH excluding ortho intramolecular Hbond substituents is 1. The van der Waals surface area contributed by atoms with Crippen LogP contribution in [0.5, 0.6) is 5.75 Å². The lowest BCUT2D eigenvalue weighted by atomic mass is 9.90. The number of phenols is 1. The molecule has 0 bridgehead atoms. The number of amides is 2. The molecule has 1 saturated heterocycles. The summed E-state index contributed by atoms with van der Waals surface area (Å²) in [6.45, 7) is -0.476. The van der Waals surface area contributed by atoms with Crippen LogP contribution in [-0.2, 0) is 39.5 Å². The number of unbranched alkanes of at least 4 members (excludes halogenated alkanes) is 5. The highest BCUT2D eigenvalue weighted by atomic mass is 32.2. The summed E-state index contributed by atoms with van der Waals surface area (Å²) < 4.78 is 70.6. The van der Waals surface area contributed by atoms with E-state index in [1.54, 1.807) is 24.3 Å². The van der Waals surface area contributed by atoms with Crippen molar-refractivity contribution in [3.8, 4) is 28.2 Å². The molecule has 76 heavy (non-hydrogen) atoms. The van der Waals surface area contributed by atoms with Crippen LogP contribution in [0.25, 0.3) is 33.4 Å². The summed E-state index contributed by atoms with van der Waals surface area (Å²) in [5, 5.41) is 40.6. The highest BCUT2D eigenvalue weighted by Crippen LogP contribution is 2.42. The Hall–Kier alpha value is -7.36. The molecule has 8 N–H and O–H groups in total. The minimum absolute atomic E-state index is 0.00403. The molecule has 402 valence electrons. The number of anilines is 3. The Morgan fingerprint density at radius 2 is 1.33 bits per heavy atom. The molecule has 2 heterocycles. The van der Waals surface area contributed by atoms with Gasteiger partial charge in [0.2, 0.25) is 11.8 Å². The maximum atomic E-state index is 13.6. The second-order valence-electron chi connectivity index (χ2n) is 17.9. The number of aromatic carboxylic acids is 1. The lowest BCUT2D eigenvalue weighted by molar-refractivity contribution is -0.240. The van der Waals surface area contributed by atoms with E-state index in [1.807, 2.05) is 4.90 Å². The number of carbonyl (C=O) groups excluding carboxylic acids is 2. The van der Waals surface area contributed by atoms with Crippen molar-refractivity contribution < 1.29 is 69.7 Å². The van der Waals surface area contributed by atoms with Gasteiger partial charge in [-0.05, 0) is 110 Å². The maximum absolute atomic E-state index is 13.6. The molecule has 0 saturated carbocycles. The number of hydrogen-bond acceptors (Lipinski definition) is 16. The third kappa shape index (κ3) is 15.6. The van der Waals surface area contributed by atoms with Gasteiger partial charge in [0.1, 0.15) is 23.8 Å². The first kappa shape index (κ1) is 56.4. The van der Waals surface area contributed by atoms with Crippen LogP contribution in [0.3, 0.4) is 0 Å². The van der Waals surface area contributed by atoms with E-state index in [2.05, 4.69) is 16.0 Å². The molecular formula is C51H54N6O16S3. The summed E-state index contributed by atoms with van der Waals surface area (Å²) in [5.41, 5.74) is 2.50. The second kappa shape index (κ2) is 25.0. The average molecular weight is 1100 g/mol. The molecule has 2 aliphatic heterocycles. The zero-order valence-electron chi connectivity index (χ0n) is 40.6. The first-order valence-electron chi connectivity index (χ1n) is 23.8. The van der Waals surface area contributed by atoms with Crippen LogP contribution in [0.1, 0.15) is 61.7 Å². The van der Waals surface area contributed by atoms with E-state index in [0.717, 1.165) is 44.2 Å². The Labute approximate surface area is 441 Å². The van der Waals surface area contributed by atoms with E-state index in [4.69, 9.17) is 21.5 Å². The summed E-state index contributed by atoms with van der Waals surface area (Å²) in [5.74, 6) is -3.13. The number of hydroxylamine groups is 2. The van der Waals surface area contributed by atoms with Crippen molar-refractivity contribution >= 4 is 89.2 Å². The van der Waals surface area contributed by atoms with Crippen LogP contribution in [0.4, 0.5) is 17.1 Å². The number of nitrogens with one attached hydrogen (secondary N) is 3. The molecule has 1 atom stereocenters. The van der Waals surface area contributed by atoms with Gasteiger partial charge in [0.25, 0.3) is 20.2 Å². The van der Waals surface area contributed by atoms with E-state index >= 15 is 0 Å². The van der Waals surface area contributed by atoms with Gasteiger partial charge in [0.15, 0.2) is 11.7 Å². The van der Waals surface area contributed by atoms with Crippen LogP contribution in [0.2, 0.25) is 0 Å². The van der Waals surface area contributed by atoms with Crippen molar-refractivity contribution in [2.45, 2.75) is 67.4 Å². The van der Waals surface area contributed by atoms with Crippen LogP contribution in [0.15, 0.2) is 122 Å². The SMILES string of the molecule is O=C(O)CN(CCN1CC(Nc2ccc(S(=O)(=O)O)cc2)ON(C(=O)CCCCCCCCC(=S)Nc2ccc(-c3c4ccc(=O)cc-4oc4cc(O)ccc34)c(C(=O)O)c2)C1)CC(=O)Nc1ccc(S(=O)(=O)O)cc1. The van der Waals surface area contributed by atoms with Crippen LogP contribution >= 0.6 is 12.2 Å². The Morgan fingerprint density at radius 1 is 0.711 bits per heavy atom. The summed E-state index contributed by atoms with van der Waals surface area (Å²) in [6, 6.07) is 23.6. The number of hydrogen-bond donors (Lipinski definition) is 8. The predicted molar refractivity (Wildman–Crippen MR) is 283 cm³/mol. The molecule has 4 aromatic rings. The fraction of sp³-hybridized carbons (Fsp3) is 0.294. The van der Waals surface area contributed by atoms with Gasteiger partial charge in [0, 0.05) is 71.8 Å². The molecule has 1 unspecified atom stereocenters. The van der Waals surface area contributed by atoms with E-state index in [1.165, 1.54) is 76.7 Å². The molecule has 25 heteroatoms. The summed E-state index contributed by atoms with van der Waals surface area (Å²) in [7, 11) is -8.91. The minimum atomic E-state index is -4.46. The number of nitrogens with zero attached hydrogens (tertiary/aromatic N) is 3. The molecule has 0 aromatic heterocycles. The first-order chi connectivity index (χ1) is 36.1. The summed E-state index contributed by atoms with van der Waals surface area (Å²) in [4.78, 5) is 72.2. The number of aromatic hydroxyl groups is 1. The fourth-order valence-corrected chi connectivity index (χ4v) is 9.78. The van der Waals surface area contributed by atoms with Gasteiger partial charge in [-0.2, -0.15) is 16.8 Å². The predicted octanol–water partition coefficient (Wildman–Crippen LogP) is 6.82. The smallest absolute Gasteiger partial charge is 0.336 e. The van der Waals surface area contributed by atoms with E-state index < -0.39 is 50.9 Å². The summed E-state index contributed by atoms with van der Waals surface area (Å²) in [6.07, 6.45) is 4.36. The minimum Gasteiger partial charge on any atom is -0.508 e. The number of benzene rings is 5. The molecule has 7 rings (SSSR count). The molecule has 1 fully saturated rings. The number of thiocarbonyl (C=S) groups is 1. The van der Waals surface area contributed by atoms with Gasteiger partial charge in [-0.15, -0.1) is 0 Å². The van der Waals surface area contributed by atoms with Crippen molar-refractivity contribution in [1.82, 2.24) is 14.9 Å². The van der Waals surface area contributed by atoms with Crippen molar-refractivity contribution in [2.24, 2.45) is 0 Å². The zero-order valence-corrected chi connectivity index (χ0v) is 43.0.